The number of hydrogen-bond acceptors (Lipinski definition) is 3. The van der Waals surface area contributed by atoms with Crippen molar-refractivity contribution in [3.8, 4) is 0 Å². The molecule has 0 bridgehead atoms. The van der Waals surface area contributed by atoms with E-state index in [-0.39, 0.29) is 28.1 Å². The molecule has 0 fully saturated rings. The van der Waals surface area contributed by atoms with Gasteiger partial charge in [-0.05, 0) is 54.2 Å². The van der Waals surface area contributed by atoms with E-state index in [0.29, 0.717) is 15.8 Å². The largest absolute Gasteiger partial charge is 0.446 e. The van der Waals surface area contributed by atoms with Crippen molar-refractivity contribution in [3.63, 3.8) is 0 Å². The Kier molecular flexibility index (Phi) is 6.12. The maximum absolute atomic E-state index is 12.3. The lowest BCUT2D eigenvalue weighted by Gasteiger charge is -2.12. The number of rotatable bonds is 4. The molecule has 0 heterocycles. The number of carbonyl (C=O) groups is 2. The van der Waals surface area contributed by atoms with Crippen LogP contribution < -0.4 is 10.6 Å². The smallest absolute Gasteiger partial charge is 0.325 e. The summed E-state index contributed by atoms with van der Waals surface area (Å²) in [6.45, 7) is 1.34. The average molecular weight is 433 g/mol. The highest BCUT2D eigenvalue weighted by Crippen LogP contribution is 2.36. The number of nitrogens with one attached hydrogen (secondary N) is 2. The Bertz CT molecular complexity index is 795. The van der Waals surface area contributed by atoms with E-state index in [2.05, 4.69) is 26.6 Å². The predicted molar refractivity (Wildman–Crippen MR) is 94.8 cm³/mol. The Balaban J connectivity index is 2.17. The van der Waals surface area contributed by atoms with Gasteiger partial charge in [0, 0.05) is 21.9 Å². The first-order valence-electron chi connectivity index (χ1n) is 6.88. The minimum Gasteiger partial charge on any atom is -0.325 e. The van der Waals surface area contributed by atoms with Gasteiger partial charge >= 0.3 is 5.51 Å². The maximum atomic E-state index is 12.3. The fourth-order valence-corrected chi connectivity index (χ4v) is 2.82. The first-order valence-corrected chi connectivity index (χ1v) is 8.49. The lowest BCUT2D eigenvalue weighted by molar-refractivity contribution is -0.114. The molecule has 0 saturated heterocycles. The van der Waals surface area contributed by atoms with Crippen molar-refractivity contribution >= 4 is 50.9 Å². The number of benzene rings is 2. The monoisotopic (exact) mass is 432 g/mol. The van der Waals surface area contributed by atoms with Crippen LogP contribution in [0.5, 0.6) is 0 Å². The molecule has 0 unspecified atom stereocenters. The first kappa shape index (κ1) is 19.3. The van der Waals surface area contributed by atoms with E-state index < -0.39 is 11.4 Å². The summed E-state index contributed by atoms with van der Waals surface area (Å²) in [6.07, 6.45) is 0. The Morgan fingerprint density at radius 3 is 2.20 bits per heavy atom. The van der Waals surface area contributed by atoms with Crippen molar-refractivity contribution in [2.24, 2.45) is 0 Å². The summed E-state index contributed by atoms with van der Waals surface area (Å²) in [6, 6.07) is 9.98. The van der Waals surface area contributed by atoms with E-state index in [0.717, 1.165) is 0 Å². The van der Waals surface area contributed by atoms with Gasteiger partial charge in [0.25, 0.3) is 5.91 Å². The maximum Gasteiger partial charge on any atom is 0.446 e. The molecule has 2 aromatic carbocycles. The van der Waals surface area contributed by atoms with Gasteiger partial charge < -0.3 is 10.6 Å². The summed E-state index contributed by atoms with van der Waals surface area (Å²) in [5.41, 5.74) is -3.41. The average Bonchev–Trinajstić information content (AvgIpc) is 2.48. The third-order valence-electron chi connectivity index (χ3n) is 2.89. The zero-order valence-corrected chi connectivity index (χ0v) is 15.2. The van der Waals surface area contributed by atoms with Crippen LogP contribution in [-0.4, -0.2) is 17.3 Å². The Hall–Kier alpha value is -2.00. The topological polar surface area (TPSA) is 58.2 Å². The van der Waals surface area contributed by atoms with E-state index in [1.165, 1.54) is 31.2 Å². The molecule has 9 heteroatoms. The van der Waals surface area contributed by atoms with Crippen LogP contribution in [0.1, 0.15) is 17.3 Å². The molecule has 0 aliphatic heterocycles. The third-order valence-corrected chi connectivity index (χ3v) is 4.12. The summed E-state index contributed by atoms with van der Waals surface area (Å²) < 4.78 is 37.6. The Morgan fingerprint density at radius 1 is 1.00 bits per heavy atom. The summed E-state index contributed by atoms with van der Waals surface area (Å²) in [7, 11) is 0. The van der Waals surface area contributed by atoms with Crippen LogP contribution in [-0.2, 0) is 4.79 Å². The van der Waals surface area contributed by atoms with Crippen LogP contribution in [0.25, 0.3) is 0 Å². The van der Waals surface area contributed by atoms with Gasteiger partial charge in [0.15, 0.2) is 0 Å². The third kappa shape index (κ3) is 6.09. The molecule has 4 nitrogen and oxygen atoms in total. The summed E-state index contributed by atoms with van der Waals surface area (Å²) in [5.74, 6) is -0.806. The lowest BCUT2D eigenvalue weighted by Crippen LogP contribution is -2.15. The highest BCUT2D eigenvalue weighted by Gasteiger charge is 2.29. The van der Waals surface area contributed by atoms with Gasteiger partial charge in [-0.2, -0.15) is 13.2 Å². The molecule has 0 radical (unpaired) electrons. The van der Waals surface area contributed by atoms with Crippen molar-refractivity contribution in [3.05, 3.63) is 52.5 Å². The quantitative estimate of drug-likeness (QED) is 0.646. The van der Waals surface area contributed by atoms with Gasteiger partial charge in [-0.15, -0.1) is 0 Å². The molecule has 2 amide bonds. The Morgan fingerprint density at radius 2 is 1.64 bits per heavy atom. The number of carbonyl (C=O) groups excluding carboxylic acids is 2. The van der Waals surface area contributed by atoms with E-state index in [9.17, 15) is 22.8 Å². The SMILES string of the molecule is CC(=O)Nc1ccc(Br)cc1NC(=O)c1ccc(SC(F)(F)F)cc1. The molecule has 0 aliphatic rings. The number of thioether (sulfide) groups is 1. The molecule has 0 aromatic heterocycles. The van der Waals surface area contributed by atoms with Crippen LogP contribution >= 0.6 is 27.7 Å². The molecule has 2 rings (SSSR count). The van der Waals surface area contributed by atoms with Gasteiger partial charge in [0.2, 0.25) is 5.91 Å². The van der Waals surface area contributed by atoms with Crippen molar-refractivity contribution in [2.75, 3.05) is 10.6 Å². The molecule has 2 N–H and O–H groups in total. The minimum atomic E-state index is -4.38. The van der Waals surface area contributed by atoms with Crippen LogP contribution in [0.15, 0.2) is 51.8 Å². The second kappa shape index (κ2) is 7.92. The van der Waals surface area contributed by atoms with Crippen molar-refractivity contribution < 1.29 is 22.8 Å². The molecular weight excluding hydrogens is 421 g/mol. The number of hydrogen-bond donors (Lipinski definition) is 2. The van der Waals surface area contributed by atoms with Crippen LogP contribution in [0.4, 0.5) is 24.5 Å². The number of amides is 2. The number of alkyl halides is 3. The first-order chi connectivity index (χ1) is 11.6. The van der Waals surface area contributed by atoms with Crippen molar-refractivity contribution in [1.82, 2.24) is 0 Å². The molecule has 0 atom stereocenters. The standard InChI is InChI=1S/C16H12BrF3N2O2S/c1-9(23)21-13-7-4-11(17)8-14(13)22-15(24)10-2-5-12(6-3-10)25-16(18,19)20/h2-8H,1H3,(H,21,23)(H,22,24). The summed E-state index contributed by atoms with van der Waals surface area (Å²) in [5, 5.41) is 5.22. The van der Waals surface area contributed by atoms with Crippen molar-refractivity contribution in [2.45, 2.75) is 17.3 Å². The van der Waals surface area contributed by atoms with Crippen LogP contribution in [0.2, 0.25) is 0 Å². The highest BCUT2D eigenvalue weighted by atomic mass is 79.9. The number of halogens is 4. The van der Waals surface area contributed by atoms with Crippen LogP contribution in [0.3, 0.4) is 0 Å². The predicted octanol–water partition coefficient (Wildman–Crippen LogP) is 5.27. The second-order valence-electron chi connectivity index (χ2n) is 4.90. The zero-order chi connectivity index (χ0) is 18.6. The normalized spacial score (nSPS) is 11.1. The molecule has 2 aromatic rings. The molecule has 25 heavy (non-hydrogen) atoms. The molecular formula is C16H12BrF3N2O2S. The van der Waals surface area contributed by atoms with Gasteiger partial charge in [-0.3, -0.25) is 9.59 Å². The van der Waals surface area contributed by atoms with Gasteiger partial charge in [0.05, 0.1) is 11.4 Å². The van der Waals surface area contributed by atoms with Crippen molar-refractivity contribution in [1.29, 1.82) is 0 Å². The molecule has 0 aliphatic carbocycles. The minimum absolute atomic E-state index is 0.00885. The van der Waals surface area contributed by atoms with E-state index in [4.69, 9.17) is 0 Å². The van der Waals surface area contributed by atoms with Crippen LogP contribution in [0, 0.1) is 0 Å². The van der Waals surface area contributed by atoms with Gasteiger partial charge in [-0.25, -0.2) is 0 Å². The molecule has 0 saturated carbocycles. The van der Waals surface area contributed by atoms with E-state index >= 15 is 0 Å². The molecule has 0 spiro atoms. The Labute approximate surface area is 154 Å². The van der Waals surface area contributed by atoms with Gasteiger partial charge in [0.1, 0.15) is 0 Å². The van der Waals surface area contributed by atoms with E-state index in [1.807, 2.05) is 0 Å². The second-order valence-corrected chi connectivity index (χ2v) is 6.95. The lowest BCUT2D eigenvalue weighted by atomic mass is 10.2. The highest BCUT2D eigenvalue weighted by molar-refractivity contribution is 9.10. The number of anilines is 2. The summed E-state index contributed by atoms with van der Waals surface area (Å²) >= 11 is 3.02. The molecule has 132 valence electrons. The fraction of sp³-hybridized carbons (Fsp3) is 0.125. The van der Waals surface area contributed by atoms with E-state index in [1.54, 1.807) is 18.2 Å². The zero-order valence-electron chi connectivity index (χ0n) is 12.8. The van der Waals surface area contributed by atoms with Gasteiger partial charge in [-0.1, -0.05) is 15.9 Å². The summed E-state index contributed by atoms with van der Waals surface area (Å²) in [4.78, 5) is 23.5. The fourth-order valence-electron chi connectivity index (χ4n) is 1.92.